The third kappa shape index (κ3) is 2.08. The fourth-order valence-corrected chi connectivity index (χ4v) is 1.06. The van der Waals surface area contributed by atoms with Gasteiger partial charge in [-0.15, -0.1) is 0 Å². The molecule has 0 fully saturated rings. The fourth-order valence-electron chi connectivity index (χ4n) is 1.06. The molecule has 13 heavy (non-hydrogen) atoms. The minimum absolute atomic E-state index is 0.572. The topological polar surface area (TPSA) is 37.9 Å². The van der Waals surface area contributed by atoms with E-state index in [9.17, 15) is 0 Å². The van der Waals surface area contributed by atoms with Gasteiger partial charge in [-0.05, 0) is 5.56 Å². The number of hydrogen-bond acceptors (Lipinski definition) is 2. The summed E-state index contributed by atoms with van der Waals surface area (Å²) in [5, 5.41) is 0. The van der Waals surface area contributed by atoms with Crippen LogP contribution in [0.3, 0.4) is 0 Å². The molecule has 0 aliphatic rings. The van der Waals surface area contributed by atoms with Crippen LogP contribution in [-0.4, -0.2) is 9.97 Å². The lowest BCUT2D eigenvalue weighted by Crippen LogP contribution is -1.94. The lowest BCUT2D eigenvalue weighted by molar-refractivity contribution is 0.295. The molecule has 0 bridgehead atoms. The highest BCUT2D eigenvalue weighted by Gasteiger charge is 1.94. The monoisotopic (exact) mass is 174 g/mol. The van der Waals surface area contributed by atoms with Gasteiger partial charge in [-0.3, -0.25) is 0 Å². The van der Waals surface area contributed by atoms with Crippen molar-refractivity contribution < 1.29 is 4.74 Å². The minimum atomic E-state index is 0.572. The van der Waals surface area contributed by atoms with Crippen molar-refractivity contribution >= 4 is 0 Å². The molecule has 1 aromatic carbocycles. The van der Waals surface area contributed by atoms with Crippen LogP contribution in [0, 0.1) is 0 Å². The van der Waals surface area contributed by atoms with Gasteiger partial charge in [0, 0.05) is 0 Å². The van der Waals surface area contributed by atoms with Gasteiger partial charge in [0.1, 0.15) is 6.61 Å². The molecule has 0 radical (unpaired) electrons. The zero-order valence-corrected chi connectivity index (χ0v) is 7.10. The molecule has 0 saturated heterocycles. The van der Waals surface area contributed by atoms with Crippen LogP contribution in [-0.2, 0) is 6.61 Å². The van der Waals surface area contributed by atoms with Crippen LogP contribution in [0.15, 0.2) is 42.9 Å². The standard InChI is InChI=1S/C10H10N2O/c1-2-4-9(5-3-1)7-13-10-6-11-8-12-10/h1-6,8H,7H2,(H,11,12). The molecule has 1 aromatic heterocycles. The quantitative estimate of drug-likeness (QED) is 0.772. The van der Waals surface area contributed by atoms with Gasteiger partial charge in [0.2, 0.25) is 5.88 Å². The van der Waals surface area contributed by atoms with Gasteiger partial charge in [0.25, 0.3) is 0 Å². The van der Waals surface area contributed by atoms with Gasteiger partial charge >= 0.3 is 0 Å². The predicted molar refractivity (Wildman–Crippen MR) is 49.4 cm³/mol. The normalized spacial score (nSPS) is 9.85. The van der Waals surface area contributed by atoms with Gasteiger partial charge in [-0.25, -0.2) is 4.98 Å². The van der Waals surface area contributed by atoms with Gasteiger partial charge in [-0.2, -0.15) is 0 Å². The Bertz CT molecular complexity index is 342. The first kappa shape index (κ1) is 7.86. The Labute approximate surface area is 76.4 Å². The summed E-state index contributed by atoms with van der Waals surface area (Å²) in [6.45, 7) is 0.572. The van der Waals surface area contributed by atoms with E-state index < -0.39 is 0 Å². The molecule has 2 aromatic rings. The molecule has 0 spiro atoms. The number of rotatable bonds is 3. The summed E-state index contributed by atoms with van der Waals surface area (Å²) in [5.41, 5.74) is 1.15. The fraction of sp³-hybridized carbons (Fsp3) is 0.100. The molecule has 0 saturated carbocycles. The Kier molecular flexibility index (Phi) is 2.27. The third-order valence-electron chi connectivity index (χ3n) is 1.71. The van der Waals surface area contributed by atoms with Crippen molar-refractivity contribution in [3.8, 4) is 5.88 Å². The second kappa shape index (κ2) is 3.76. The molecule has 2 rings (SSSR count). The van der Waals surface area contributed by atoms with Gasteiger partial charge < -0.3 is 9.72 Å². The number of H-pyrrole nitrogens is 1. The van der Waals surface area contributed by atoms with Crippen LogP contribution in [0.5, 0.6) is 5.88 Å². The maximum Gasteiger partial charge on any atom is 0.211 e. The largest absolute Gasteiger partial charge is 0.473 e. The Morgan fingerprint density at radius 1 is 1.23 bits per heavy atom. The summed E-state index contributed by atoms with van der Waals surface area (Å²) in [4.78, 5) is 6.73. The lowest BCUT2D eigenvalue weighted by atomic mass is 10.2. The van der Waals surface area contributed by atoms with Crippen molar-refractivity contribution in [3.63, 3.8) is 0 Å². The molecule has 0 atom stereocenters. The third-order valence-corrected chi connectivity index (χ3v) is 1.71. The van der Waals surface area contributed by atoms with E-state index in [0.717, 1.165) is 5.56 Å². The molecular formula is C10H10N2O. The summed E-state index contributed by atoms with van der Waals surface area (Å²) in [5.74, 6) is 0.698. The van der Waals surface area contributed by atoms with Crippen LogP contribution >= 0.6 is 0 Å². The van der Waals surface area contributed by atoms with Crippen LogP contribution in [0.1, 0.15) is 5.56 Å². The Morgan fingerprint density at radius 3 is 2.77 bits per heavy atom. The van der Waals surface area contributed by atoms with E-state index >= 15 is 0 Å². The highest BCUT2D eigenvalue weighted by atomic mass is 16.5. The lowest BCUT2D eigenvalue weighted by Gasteiger charge is -2.01. The molecule has 66 valence electrons. The summed E-state index contributed by atoms with van der Waals surface area (Å²) in [6, 6.07) is 10.0. The number of benzene rings is 1. The van der Waals surface area contributed by atoms with Crippen molar-refractivity contribution in [2.24, 2.45) is 0 Å². The summed E-state index contributed by atoms with van der Waals surface area (Å²) in [7, 11) is 0. The van der Waals surface area contributed by atoms with E-state index in [0.29, 0.717) is 12.5 Å². The second-order valence-corrected chi connectivity index (χ2v) is 2.69. The number of ether oxygens (including phenoxy) is 1. The zero-order valence-electron chi connectivity index (χ0n) is 7.10. The molecule has 0 unspecified atom stereocenters. The molecule has 1 heterocycles. The van der Waals surface area contributed by atoms with E-state index in [1.54, 1.807) is 12.5 Å². The molecule has 0 aliphatic carbocycles. The van der Waals surface area contributed by atoms with E-state index in [-0.39, 0.29) is 0 Å². The maximum absolute atomic E-state index is 5.41. The molecule has 0 amide bonds. The Morgan fingerprint density at radius 2 is 2.08 bits per heavy atom. The summed E-state index contributed by atoms with van der Waals surface area (Å²) >= 11 is 0. The number of aromatic nitrogens is 2. The average Bonchev–Trinajstić information content (AvgIpc) is 2.69. The van der Waals surface area contributed by atoms with Crippen molar-refractivity contribution in [2.45, 2.75) is 6.61 Å². The van der Waals surface area contributed by atoms with Crippen molar-refractivity contribution in [2.75, 3.05) is 0 Å². The maximum atomic E-state index is 5.41. The van der Waals surface area contributed by atoms with Gasteiger partial charge in [0.15, 0.2) is 0 Å². The van der Waals surface area contributed by atoms with Crippen LogP contribution < -0.4 is 4.74 Å². The van der Waals surface area contributed by atoms with Crippen molar-refractivity contribution in [3.05, 3.63) is 48.4 Å². The number of imidazole rings is 1. The van der Waals surface area contributed by atoms with Crippen molar-refractivity contribution in [1.82, 2.24) is 9.97 Å². The molecule has 0 aliphatic heterocycles. The first-order valence-corrected chi connectivity index (χ1v) is 4.10. The van der Waals surface area contributed by atoms with E-state index in [4.69, 9.17) is 4.74 Å². The second-order valence-electron chi connectivity index (χ2n) is 2.69. The molecule has 3 nitrogen and oxygen atoms in total. The molecule has 3 heteroatoms. The first-order chi connectivity index (χ1) is 6.45. The molecule has 1 N–H and O–H groups in total. The number of nitrogens with one attached hydrogen (secondary N) is 1. The van der Waals surface area contributed by atoms with Crippen LogP contribution in [0.25, 0.3) is 0 Å². The zero-order chi connectivity index (χ0) is 8.93. The number of nitrogens with zero attached hydrogens (tertiary/aromatic N) is 1. The van der Waals surface area contributed by atoms with Gasteiger partial charge in [-0.1, -0.05) is 30.3 Å². The summed E-state index contributed by atoms with van der Waals surface area (Å²) < 4.78 is 5.41. The first-order valence-electron chi connectivity index (χ1n) is 4.10. The minimum Gasteiger partial charge on any atom is -0.473 e. The van der Waals surface area contributed by atoms with Crippen LogP contribution in [0.4, 0.5) is 0 Å². The van der Waals surface area contributed by atoms with E-state index in [1.165, 1.54) is 0 Å². The summed E-state index contributed by atoms with van der Waals surface area (Å²) in [6.07, 6.45) is 3.25. The van der Waals surface area contributed by atoms with E-state index in [2.05, 4.69) is 9.97 Å². The average molecular weight is 174 g/mol. The SMILES string of the molecule is c1ccc(COc2cnc[nH]2)cc1. The number of aromatic amines is 1. The van der Waals surface area contributed by atoms with E-state index in [1.807, 2.05) is 30.3 Å². The number of hydrogen-bond donors (Lipinski definition) is 1. The van der Waals surface area contributed by atoms with Crippen molar-refractivity contribution in [1.29, 1.82) is 0 Å². The highest BCUT2D eigenvalue weighted by Crippen LogP contribution is 2.06. The Hall–Kier alpha value is -1.77. The van der Waals surface area contributed by atoms with Gasteiger partial charge in [0.05, 0.1) is 12.5 Å². The molecular weight excluding hydrogens is 164 g/mol. The smallest absolute Gasteiger partial charge is 0.211 e. The highest BCUT2D eigenvalue weighted by molar-refractivity contribution is 5.14. The van der Waals surface area contributed by atoms with Crippen LogP contribution in [0.2, 0.25) is 0 Å². The Balaban J connectivity index is 1.94. The predicted octanol–water partition coefficient (Wildman–Crippen LogP) is 1.99.